The molecular weight excluding hydrogens is 1050 g/mol. The number of hydrogen-bond acceptors (Lipinski definition) is 12. The molecule has 0 heterocycles. The third-order valence-corrected chi connectivity index (χ3v) is 17.8. The van der Waals surface area contributed by atoms with Crippen molar-refractivity contribution in [2.45, 2.75) is 105 Å². The lowest BCUT2D eigenvalue weighted by molar-refractivity contribution is 0.283. The first-order valence-electron chi connectivity index (χ1n) is 30.1. The maximum Gasteiger partial charge on any atom is 0.127 e. The third-order valence-electron chi connectivity index (χ3n) is 17.8. The fourth-order valence-corrected chi connectivity index (χ4v) is 12.8. The zero-order valence-electron chi connectivity index (χ0n) is 50.0. The molecule has 12 heteroatoms. The quantitative estimate of drug-likeness (QED) is 0.0363. The number of hydrogen-bond donors (Lipinski definition) is 8. The lowest BCUT2D eigenvalue weighted by Gasteiger charge is -2.33. The minimum atomic E-state index is -0.983. The summed E-state index contributed by atoms with van der Waals surface area (Å²) in [5.74, 6) is -5.43. The van der Waals surface area contributed by atoms with Gasteiger partial charge in [0.1, 0.15) is 46.0 Å². The molecule has 0 atom stereocenters. The highest BCUT2D eigenvalue weighted by Gasteiger charge is 2.39. The maximum absolute atomic E-state index is 13.4. The predicted molar refractivity (Wildman–Crippen MR) is 335 cm³/mol. The molecule has 0 saturated carbocycles. The Balaban J connectivity index is 1.60. The van der Waals surface area contributed by atoms with Crippen LogP contribution in [-0.4, -0.2) is 113 Å². The molecule has 440 valence electrons. The van der Waals surface area contributed by atoms with E-state index in [0.717, 1.165) is 0 Å². The van der Waals surface area contributed by atoms with E-state index < -0.39 is 23.7 Å². The van der Waals surface area contributed by atoms with E-state index >= 15 is 0 Å². The Hall–Kier alpha value is -8.00. The van der Waals surface area contributed by atoms with Gasteiger partial charge in [0.15, 0.2) is 0 Å². The van der Waals surface area contributed by atoms with Crippen LogP contribution < -0.4 is 0 Å². The van der Waals surface area contributed by atoms with Gasteiger partial charge < -0.3 is 40.9 Å². The van der Waals surface area contributed by atoms with E-state index in [1.165, 1.54) is 0 Å². The van der Waals surface area contributed by atoms with E-state index in [1.54, 1.807) is 24.3 Å². The summed E-state index contributed by atoms with van der Waals surface area (Å²) >= 11 is 0. The molecule has 0 saturated heterocycles. The Morgan fingerprint density at radius 3 is 0.512 bits per heavy atom. The van der Waals surface area contributed by atoms with Crippen LogP contribution in [0.3, 0.4) is 0 Å². The summed E-state index contributed by atoms with van der Waals surface area (Å²) in [6.07, 6.45) is 0. The monoisotopic (exact) mass is 1130 g/mol. The Bertz CT molecular complexity index is 2950. The Morgan fingerprint density at radius 1 is 0.238 bits per heavy atom. The lowest BCUT2D eigenvalue weighted by atomic mass is 9.73. The van der Waals surface area contributed by atoms with E-state index in [0.29, 0.717) is 119 Å². The van der Waals surface area contributed by atoms with Crippen LogP contribution in [0.4, 0.5) is 0 Å². The van der Waals surface area contributed by atoms with Gasteiger partial charge in [0.05, 0.1) is 22.3 Å². The summed E-state index contributed by atoms with van der Waals surface area (Å²) in [6, 6.07) is 45.6. The Labute approximate surface area is 496 Å². The van der Waals surface area contributed by atoms with Gasteiger partial charge in [-0.25, -0.2) is 0 Å². The largest absolute Gasteiger partial charge is 0.507 e. The number of aromatic hydroxyl groups is 8. The van der Waals surface area contributed by atoms with E-state index in [2.05, 4.69) is 19.6 Å². The normalized spacial score (nSPS) is 16.0. The van der Waals surface area contributed by atoms with Crippen molar-refractivity contribution in [3.8, 4) is 46.0 Å². The number of rotatable bonds is 20. The van der Waals surface area contributed by atoms with Crippen molar-refractivity contribution in [2.75, 3.05) is 52.4 Å². The highest BCUT2D eigenvalue weighted by molar-refractivity contribution is 5.72. The summed E-state index contributed by atoms with van der Waals surface area (Å²) in [7, 11) is 0. The van der Waals surface area contributed by atoms with Gasteiger partial charge in [0, 0.05) is 94.4 Å². The van der Waals surface area contributed by atoms with Crippen LogP contribution in [0, 0.1) is 0 Å². The van der Waals surface area contributed by atoms with Crippen LogP contribution in [0.15, 0.2) is 146 Å². The molecule has 8 aromatic rings. The first-order valence-corrected chi connectivity index (χ1v) is 30.1. The molecule has 0 fully saturated rings. The van der Waals surface area contributed by atoms with Gasteiger partial charge in [0.25, 0.3) is 0 Å². The molecule has 8 bridgehead atoms. The van der Waals surface area contributed by atoms with Crippen LogP contribution in [0.1, 0.15) is 168 Å². The molecule has 0 unspecified atom stereocenters. The van der Waals surface area contributed by atoms with Crippen LogP contribution in [-0.2, 0) is 26.2 Å². The smallest absolute Gasteiger partial charge is 0.127 e. The zero-order chi connectivity index (χ0) is 59.9. The number of nitrogens with zero attached hydrogens (tertiary/aromatic N) is 4. The van der Waals surface area contributed by atoms with Gasteiger partial charge >= 0.3 is 0 Å². The molecule has 9 rings (SSSR count). The first-order chi connectivity index (χ1) is 40.7. The molecule has 12 nitrogen and oxygen atoms in total. The third kappa shape index (κ3) is 11.6. The summed E-state index contributed by atoms with van der Waals surface area (Å²) in [5, 5.41) is 107. The van der Waals surface area contributed by atoms with Crippen LogP contribution in [0.2, 0.25) is 0 Å². The van der Waals surface area contributed by atoms with Crippen molar-refractivity contribution in [1.29, 1.82) is 0 Å². The molecule has 84 heavy (non-hydrogen) atoms. The summed E-state index contributed by atoms with van der Waals surface area (Å²) in [6.45, 7) is 21.4. The van der Waals surface area contributed by atoms with Gasteiger partial charge in [-0.2, -0.15) is 0 Å². The molecule has 8 aromatic carbocycles. The predicted octanol–water partition coefficient (Wildman–Crippen LogP) is 13.7. The zero-order valence-corrected chi connectivity index (χ0v) is 50.0. The molecule has 0 radical (unpaired) electrons. The van der Waals surface area contributed by atoms with Crippen molar-refractivity contribution in [3.05, 3.63) is 235 Å². The van der Waals surface area contributed by atoms with Crippen LogP contribution in [0.25, 0.3) is 0 Å². The van der Waals surface area contributed by atoms with Gasteiger partial charge in [-0.3, -0.25) is 19.6 Å². The molecule has 8 N–H and O–H groups in total. The molecule has 1 aliphatic carbocycles. The van der Waals surface area contributed by atoms with Crippen molar-refractivity contribution in [1.82, 2.24) is 19.6 Å². The average molecular weight is 1130 g/mol. The number of benzene rings is 8. The SMILES string of the molecule is CCN(CC)Cc1c(O)c2cc(c1O)C(c1ccccc1)c1cc(c(O)c(CN(CC)CC)c1O)C(c1ccccc1)c1cc(c(O)c(CN(CC)CC)c1O)C(c1ccccc1)c1cc(c(O)c(CN(CC)CC)c1O)C2c1ccccc1. The molecular formula is C72H84N4O8. The first kappa shape index (κ1) is 60.6. The molecule has 0 spiro atoms. The lowest BCUT2D eigenvalue weighted by Crippen LogP contribution is -2.24. The topological polar surface area (TPSA) is 175 Å². The highest BCUT2D eigenvalue weighted by atomic mass is 16.3. The Kier molecular flexibility index (Phi) is 19.3. The van der Waals surface area contributed by atoms with Gasteiger partial charge in [-0.05, 0) is 98.9 Å². The standard InChI is InChI=1S/C72H84N4O8/c1-9-73(10-2)41-57-65(77)49-37-50(66(57)78)62(46-31-23-18-24-32-46)52-39-54(70(82)59(68(52)80)43-75(13-5)14-6)64(48-35-27-20-28-36-48)56-40-55(71(83)60(72(56)84)44-76(15-7)16-8)63(47-33-25-19-26-34-47)53-38-51(61(49)45-29-21-17-22-30-45)67(79)58(69(53)81)42-74(11-3)12-4/h17-40,61-64,77-84H,9-16,41-44H2,1-8H3. The maximum atomic E-state index is 13.4. The molecule has 0 amide bonds. The van der Waals surface area contributed by atoms with Crippen molar-refractivity contribution >= 4 is 0 Å². The molecule has 0 aliphatic heterocycles. The molecule has 0 aromatic heterocycles. The van der Waals surface area contributed by atoms with Gasteiger partial charge in [-0.1, -0.05) is 177 Å². The minimum Gasteiger partial charge on any atom is -0.507 e. The van der Waals surface area contributed by atoms with E-state index in [4.69, 9.17) is 0 Å². The van der Waals surface area contributed by atoms with E-state index in [-0.39, 0.29) is 94.4 Å². The fraction of sp³-hybridized carbons (Fsp3) is 0.333. The number of phenols is 8. The van der Waals surface area contributed by atoms with Gasteiger partial charge in [0.2, 0.25) is 0 Å². The van der Waals surface area contributed by atoms with Crippen molar-refractivity contribution in [2.24, 2.45) is 0 Å². The highest BCUT2D eigenvalue weighted by Crippen LogP contribution is 2.57. The molecule has 1 aliphatic rings. The van der Waals surface area contributed by atoms with Gasteiger partial charge in [-0.15, -0.1) is 0 Å². The minimum absolute atomic E-state index is 0.129. The summed E-state index contributed by atoms with van der Waals surface area (Å²) < 4.78 is 0. The van der Waals surface area contributed by atoms with E-state index in [1.807, 2.05) is 177 Å². The van der Waals surface area contributed by atoms with Crippen LogP contribution in [0.5, 0.6) is 46.0 Å². The number of fused-ring (bicyclic) bond motifs is 8. The summed E-state index contributed by atoms with van der Waals surface area (Å²) in [5.41, 5.74) is 6.51. The average Bonchev–Trinajstić information content (AvgIpc) is 2.55. The second-order valence-corrected chi connectivity index (χ2v) is 22.1. The van der Waals surface area contributed by atoms with E-state index in [9.17, 15) is 40.9 Å². The second-order valence-electron chi connectivity index (χ2n) is 22.1. The number of phenolic OH excluding ortho intramolecular Hbond substituents is 8. The second kappa shape index (κ2) is 26.7. The fourth-order valence-electron chi connectivity index (χ4n) is 12.8. The van der Waals surface area contributed by atoms with Crippen LogP contribution >= 0.6 is 0 Å². The Morgan fingerprint density at radius 2 is 0.381 bits per heavy atom. The van der Waals surface area contributed by atoms with Crippen molar-refractivity contribution < 1.29 is 40.9 Å². The summed E-state index contributed by atoms with van der Waals surface area (Å²) in [4.78, 5) is 8.43. The van der Waals surface area contributed by atoms with Crippen molar-refractivity contribution in [3.63, 3.8) is 0 Å².